The van der Waals surface area contributed by atoms with Gasteiger partial charge in [-0.15, -0.1) is 0 Å². The molecule has 0 saturated carbocycles. The van der Waals surface area contributed by atoms with Crippen LogP contribution in [0.25, 0.3) is 0 Å². The second-order valence-electron chi connectivity index (χ2n) is 4.09. The fourth-order valence-electron chi connectivity index (χ4n) is 1.51. The summed E-state index contributed by atoms with van der Waals surface area (Å²) in [6.45, 7) is -0.546. The quantitative estimate of drug-likeness (QED) is 0.659. The molecule has 0 bridgehead atoms. The first-order valence-electron chi connectivity index (χ1n) is 5.97. The molecule has 0 unspecified atom stereocenters. The lowest BCUT2D eigenvalue weighted by Crippen LogP contribution is -2.04. The topological polar surface area (TPSA) is 52.0 Å². The molecule has 0 spiro atoms. The van der Waals surface area contributed by atoms with Gasteiger partial charge in [0.05, 0.1) is 0 Å². The zero-order valence-electron chi connectivity index (χ0n) is 11.1. The van der Waals surface area contributed by atoms with Crippen LogP contribution in [-0.4, -0.2) is 0 Å². The summed E-state index contributed by atoms with van der Waals surface area (Å²) in [5.41, 5.74) is 9.43. The van der Waals surface area contributed by atoms with Crippen molar-refractivity contribution in [1.29, 1.82) is 0 Å². The zero-order valence-corrected chi connectivity index (χ0v) is 11.1. The Morgan fingerprint density at radius 3 is 1.77 bits per heavy atom. The standard InChI is InChI=1S/2C7H6F3N/c8-5-1-4(3-11)7(10)6(9)2-5;8-5-1-2-6(9)7(10)4(5)3-11/h2*1-2H,3,11H2. The number of nitrogens with two attached hydrogens (primary N) is 2. The van der Waals surface area contributed by atoms with Gasteiger partial charge < -0.3 is 11.5 Å². The van der Waals surface area contributed by atoms with Gasteiger partial charge >= 0.3 is 0 Å². The molecule has 2 rings (SSSR count). The van der Waals surface area contributed by atoms with E-state index in [1.54, 1.807) is 0 Å². The van der Waals surface area contributed by atoms with Gasteiger partial charge in [-0.1, -0.05) is 0 Å². The van der Waals surface area contributed by atoms with Gasteiger partial charge in [-0.3, -0.25) is 0 Å². The van der Waals surface area contributed by atoms with Gasteiger partial charge in [0.25, 0.3) is 0 Å². The minimum Gasteiger partial charge on any atom is -0.326 e. The number of hydrogen-bond acceptors (Lipinski definition) is 2. The van der Waals surface area contributed by atoms with Gasteiger partial charge in [0.15, 0.2) is 23.3 Å². The van der Waals surface area contributed by atoms with Crippen LogP contribution in [0.1, 0.15) is 11.1 Å². The minimum absolute atomic E-state index is 0.150. The van der Waals surface area contributed by atoms with Crippen LogP contribution in [0.15, 0.2) is 24.3 Å². The number of hydrogen-bond donors (Lipinski definition) is 2. The van der Waals surface area contributed by atoms with Gasteiger partial charge in [-0.2, -0.15) is 0 Å². The van der Waals surface area contributed by atoms with E-state index in [1.165, 1.54) is 0 Å². The second kappa shape index (κ2) is 7.81. The molecule has 120 valence electrons. The van der Waals surface area contributed by atoms with Gasteiger partial charge in [0.2, 0.25) is 0 Å². The Labute approximate surface area is 122 Å². The number of rotatable bonds is 2. The lowest BCUT2D eigenvalue weighted by molar-refractivity contribution is 0.480. The third kappa shape index (κ3) is 4.22. The highest BCUT2D eigenvalue weighted by atomic mass is 19.2. The summed E-state index contributed by atoms with van der Waals surface area (Å²) in [4.78, 5) is 0. The van der Waals surface area contributed by atoms with Gasteiger partial charge in [0, 0.05) is 30.3 Å². The van der Waals surface area contributed by atoms with Crippen molar-refractivity contribution in [2.24, 2.45) is 11.5 Å². The van der Waals surface area contributed by atoms with E-state index in [-0.39, 0.29) is 18.7 Å². The van der Waals surface area contributed by atoms with Crippen LogP contribution in [0.2, 0.25) is 0 Å². The molecule has 8 heteroatoms. The molecule has 22 heavy (non-hydrogen) atoms. The Kier molecular flexibility index (Phi) is 6.39. The molecule has 0 saturated heterocycles. The van der Waals surface area contributed by atoms with Crippen molar-refractivity contribution >= 4 is 0 Å². The summed E-state index contributed by atoms with van der Waals surface area (Å²) in [6.07, 6.45) is 0. The Balaban J connectivity index is 0.000000220. The van der Waals surface area contributed by atoms with E-state index in [1.807, 2.05) is 0 Å². The number of halogens is 6. The lowest BCUT2D eigenvalue weighted by Gasteiger charge is -2.00. The van der Waals surface area contributed by atoms with Gasteiger partial charge in [-0.25, -0.2) is 26.3 Å². The molecule has 0 aliphatic heterocycles. The molecule has 0 radical (unpaired) electrons. The SMILES string of the molecule is NCc1c(F)ccc(F)c1F.NCc1cc(F)cc(F)c1F. The van der Waals surface area contributed by atoms with E-state index in [0.29, 0.717) is 6.07 Å². The van der Waals surface area contributed by atoms with E-state index in [4.69, 9.17) is 11.5 Å². The third-order valence-electron chi connectivity index (χ3n) is 2.63. The molecule has 0 aromatic heterocycles. The third-order valence-corrected chi connectivity index (χ3v) is 2.63. The van der Waals surface area contributed by atoms with Gasteiger partial charge in [-0.05, 0) is 18.2 Å². The first-order valence-corrected chi connectivity index (χ1v) is 5.97. The molecule has 2 aromatic carbocycles. The van der Waals surface area contributed by atoms with Crippen LogP contribution in [-0.2, 0) is 13.1 Å². The van der Waals surface area contributed by atoms with Crippen molar-refractivity contribution in [3.05, 3.63) is 70.3 Å². The minimum atomic E-state index is -1.20. The van der Waals surface area contributed by atoms with Crippen molar-refractivity contribution in [1.82, 2.24) is 0 Å². The Hall–Kier alpha value is -2.06. The molecule has 4 N–H and O–H groups in total. The smallest absolute Gasteiger partial charge is 0.166 e. The average Bonchev–Trinajstić information content (AvgIpc) is 2.48. The van der Waals surface area contributed by atoms with Crippen molar-refractivity contribution in [2.75, 3.05) is 0 Å². The molecule has 0 amide bonds. The van der Waals surface area contributed by atoms with Crippen LogP contribution in [0.4, 0.5) is 26.3 Å². The fraction of sp³-hybridized carbons (Fsp3) is 0.143. The second-order valence-corrected chi connectivity index (χ2v) is 4.09. The lowest BCUT2D eigenvalue weighted by atomic mass is 10.2. The summed E-state index contributed by atoms with van der Waals surface area (Å²) >= 11 is 0. The van der Waals surface area contributed by atoms with Crippen molar-refractivity contribution in [3.63, 3.8) is 0 Å². The number of benzene rings is 2. The van der Waals surface area contributed by atoms with E-state index in [9.17, 15) is 26.3 Å². The van der Waals surface area contributed by atoms with E-state index in [0.717, 1.165) is 18.2 Å². The van der Waals surface area contributed by atoms with E-state index in [2.05, 4.69) is 0 Å². The first kappa shape index (κ1) is 18.0. The monoisotopic (exact) mass is 322 g/mol. The summed E-state index contributed by atoms with van der Waals surface area (Å²) in [5, 5.41) is 0. The van der Waals surface area contributed by atoms with Crippen LogP contribution in [0.5, 0.6) is 0 Å². The largest absolute Gasteiger partial charge is 0.326 e. The molecule has 2 nitrogen and oxygen atoms in total. The highest BCUT2D eigenvalue weighted by Crippen LogP contribution is 2.14. The summed E-state index contributed by atoms with van der Waals surface area (Å²) < 4.78 is 74.7. The summed E-state index contributed by atoms with van der Waals surface area (Å²) in [6, 6.07) is 2.93. The first-order chi connectivity index (χ1) is 10.3. The Bertz CT molecular complexity index is 660. The van der Waals surface area contributed by atoms with Crippen molar-refractivity contribution in [3.8, 4) is 0 Å². The van der Waals surface area contributed by atoms with E-state index < -0.39 is 40.5 Å². The normalized spacial score (nSPS) is 10.2. The Morgan fingerprint density at radius 2 is 1.27 bits per heavy atom. The molecule has 0 fully saturated rings. The molecule has 0 aliphatic rings. The zero-order chi connectivity index (χ0) is 16.9. The average molecular weight is 322 g/mol. The molecule has 0 atom stereocenters. The highest BCUT2D eigenvalue weighted by molar-refractivity contribution is 5.21. The van der Waals surface area contributed by atoms with Crippen molar-refractivity contribution < 1.29 is 26.3 Å². The fourth-order valence-corrected chi connectivity index (χ4v) is 1.51. The van der Waals surface area contributed by atoms with E-state index >= 15 is 0 Å². The van der Waals surface area contributed by atoms with Crippen LogP contribution >= 0.6 is 0 Å². The molecular weight excluding hydrogens is 310 g/mol. The summed E-state index contributed by atoms with van der Waals surface area (Å²) in [5.74, 6) is -6.19. The Morgan fingerprint density at radius 1 is 0.682 bits per heavy atom. The predicted molar refractivity (Wildman–Crippen MR) is 68.4 cm³/mol. The van der Waals surface area contributed by atoms with Crippen LogP contribution < -0.4 is 11.5 Å². The molecular formula is C14H12F6N2. The van der Waals surface area contributed by atoms with Crippen molar-refractivity contribution in [2.45, 2.75) is 13.1 Å². The summed E-state index contributed by atoms with van der Waals surface area (Å²) in [7, 11) is 0. The van der Waals surface area contributed by atoms with Crippen LogP contribution in [0, 0.1) is 34.9 Å². The highest BCUT2D eigenvalue weighted by Gasteiger charge is 2.11. The predicted octanol–water partition coefficient (Wildman–Crippen LogP) is 3.13. The maximum atomic E-state index is 12.6. The van der Waals surface area contributed by atoms with Gasteiger partial charge in [0.1, 0.15) is 11.6 Å². The molecule has 2 aromatic rings. The van der Waals surface area contributed by atoms with Crippen LogP contribution in [0.3, 0.4) is 0 Å². The molecule has 0 aliphatic carbocycles. The molecule has 0 heterocycles. The maximum absolute atomic E-state index is 12.6. The maximum Gasteiger partial charge on any atom is 0.166 e.